The topological polar surface area (TPSA) is 102 Å². The molecule has 0 aliphatic rings. The molecule has 0 amide bonds. The van der Waals surface area contributed by atoms with Crippen molar-refractivity contribution >= 4 is 39.4 Å². The fourth-order valence-corrected chi connectivity index (χ4v) is 9.70. The van der Waals surface area contributed by atoms with Crippen molar-refractivity contribution in [3.63, 3.8) is 0 Å². The SMILES string of the molecule is CCC(CCCN(C(C(=O)O)C(C)C)S(=O)(=O)c1cc(F)c(CSc2ncc(C(C)(C)c3ccc(Cl)c(OC)c3)n2-c2ccc(F)cc2)c(F)c1)C(C)C. The third-order valence-electron chi connectivity index (χ3n) is 10.0. The Labute approximate surface area is 326 Å². The number of carboxylic acid groups (broad SMARTS) is 1. The summed E-state index contributed by atoms with van der Waals surface area (Å²) in [7, 11) is -3.12. The van der Waals surface area contributed by atoms with Crippen molar-refractivity contribution in [2.75, 3.05) is 13.7 Å². The van der Waals surface area contributed by atoms with Gasteiger partial charge in [0.1, 0.15) is 29.2 Å². The van der Waals surface area contributed by atoms with Crippen molar-refractivity contribution in [3.05, 3.63) is 100 Å². The Morgan fingerprint density at radius 3 is 2.19 bits per heavy atom. The molecule has 0 fully saturated rings. The van der Waals surface area contributed by atoms with Gasteiger partial charge in [-0.25, -0.2) is 26.6 Å². The highest BCUT2D eigenvalue weighted by Gasteiger charge is 2.39. The van der Waals surface area contributed by atoms with E-state index in [0.717, 1.165) is 40.2 Å². The summed E-state index contributed by atoms with van der Waals surface area (Å²) in [6, 6.07) is 11.2. The van der Waals surface area contributed by atoms with Gasteiger partial charge >= 0.3 is 5.97 Å². The summed E-state index contributed by atoms with van der Waals surface area (Å²) < 4.78 is 81.9. The molecule has 2 unspecified atom stereocenters. The Hall–Kier alpha value is -3.52. The van der Waals surface area contributed by atoms with Gasteiger partial charge in [0.05, 0.1) is 28.9 Å². The van der Waals surface area contributed by atoms with Gasteiger partial charge in [0.25, 0.3) is 0 Å². The van der Waals surface area contributed by atoms with E-state index < -0.39 is 55.7 Å². The smallest absolute Gasteiger partial charge is 0.322 e. The minimum atomic E-state index is -4.64. The highest BCUT2D eigenvalue weighted by Crippen LogP contribution is 2.40. The van der Waals surface area contributed by atoms with Crippen molar-refractivity contribution in [2.45, 2.75) is 95.0 Å². The Morgan fingerprint density at radius 1 is 1.02 bits per heavy atom. The summed E-state index contributed by atoms with van der Waals surface area (Å²) in [5.74, 6) is -3.73. The zero-order valence-corrected chi connectivity index (χ0v) is 34.3. The van der Waals surface area contributed by atoms with Crippen LogP contribution in [-0.4, -0.2) is 53.0 Å². The number of carboxylic acids is 1. The maximum atomic E-state index is 15.9. The van der Waals surface area contributed by atoms with Crippen molar-refractivity contribution in [2.24, 2.45) is 17.8 Å². The average Bonchev–Trinajstić information content (AvgIpc) is 3.53. The Morgan fingerprint density at radius 2 is 1.65 bits per heavy atom. The van der Waals surface area contributed by atoms with Crippen molar-refractivity contribution in [3.8, 4) is 11.4 Å². The number of nitrogens with zero attached hydrogens (tertiary/aromatic N) is 3. The molecule has 3 aromatic carbocycles. The molecule has 54 heavy (non-hydrogen) atoms. The van der Waals surface area contributed by atoms with Gasteiger partial charge in [0.2, 0.25) is 10.0 Å². The third kappa shape index (κ3) is 9.46. The first-order valence-electron chi connectivity index (χ1n) is 17.9. The predicted molar refractivity (Wildman–Crippen MR) is 208 cm³/mol. The molecule has 0 saturated heterocycles. The Balaban J connectivity index is 1.70. The minimum absolute atomic E-state index is 0.116. The number of ether oxygens (including phenoxy) is 1. The molecule has 1 N–H and O–H groups in total. The van der Waals surface area contributed by atoms with Crippen molar-refractivity contribution in [1.29, 1.82) is 0 Å². The van der Waals surface area contributed by atoms with Gasteiger partial charge in [-0.1, -0.05) is 84.3 Å². The monoisotopic (exact) mass is 807 g/mol. The zero-order valence-electron chi connectivity index (χ0n) is 31.9. The Kier molecular flexibility index (Phi) is 14.4. The summed E-state index contributed by atoms with van der Waals surface area (Å²) in [6.07, 6.45) is 3.58. The number of hydrogen-bond donors (Lipinski definition) is 1. The van der Waals surface area contributed by atoms with Gasteiger partial charge in [-0.15, -0.1) is 0 Å². The quantitative estimate of drug-likeness (QED) is 0.0999. The van der Waals surface area contributed by atoms with Crippen LogP contribution in [0.25, 0.3) is 5.69 Å². The van der Waals surface area contributed by atoms with Crippen LogP contribution in [0.1, 0.15) is 84.5 Å². The number of rotatable bonds is 18. The van der Waals surface area contributed by atoms with E-state index in [1.54, 1.807) is 42.8 Å². The fourth-order valence-electron chi connectivity index (χ4n) is 6.72. The summed E-state index contributed by atoms with van der Waals surface area (Å²) in [5.41, 5.74) is 0.967. The fraction of sp³-hybridized carbons (Fsp3) is 0.450. The molecule has 1 heterocycles. The summed E-state index contributed by atoms with van der Waals surface area (Å²) >= 11 is 7.31. The van der Waals surface area contributed by atoms with Crippen LogP contribution in [0.15, 0.2) is 70.8 Å². The van der Waals surface area contributed by atoms with Crippen LogP contribution < -0.4 is 4.74 Å². The van der Waals surface area contributed by atoms with E-state index in [4.69, 9.17) is 16.3 Å². The van der Waals surface area contributed by atoms with Gasteiger partial charge in [-0.3, -0.25) is 9.36 Å². The number of methoxy groups -OCH3 is 1. The molecular formula is C40H49ClF3N3O5S2. The van der Waals surface area contributed by atoms with E-state index >= 15 is 8.78 Å². The van der Waals surface area contributed by atoms with E-state index in [2.05, 4.69) is 18.8 Å². The average molecular weight is 808 g/mol. The van der Waals surface area contributed by atoms with Crippen LogP contribution in [0.5, 0.6) is 5.75 Å². The highest BCUT2D eigenvalue weighted by atomic mass is 35.5. The lowest BCUT2D eigenvalue weighted by Crippen LogP contribution is -2.48. The van der Waals surface area contributed by atoms with Crippen molar-refractivity contribution in [1.82, 2.24) is 13.9 Å². The molecule has 294 valence electrons. The molecule has 0 radical (unpaired) electrons. The minimum Gasteiger partial charge on any atom is -0.495 e. The molecule has 14 heteroatoms. The number of halogens is 4. The van der Waals surface area contributed by atoms with Crippen molar-refractivity contribution < 1.29 is 36.2 Å². The Bertz CT molecular complexity index is 2020. The maximum Gasteiger partial charge on any atom is 0.322 e. The largest absolute Gasteiger partial charge is 0.495 e. The van der Waals surface area contributed by atoms with Gasteiger partial charge in [-0.2, -0.15) is 4.31 Å². The standard InChI is InChI=1S/C40H49ClF3N3O5S2/c1-9-26(24(2)3)11-10-18-46(37(25(4)5)38(48)49)54(50,51)30-20-33(43)31(34(44)21-30)23-53-39-45-22-36(47(39)29-15-13-28(42)14-16-29)40(6,7)27-12-17-32(41)35(19-27)52-8/h12-17,19-22,24-26,37H,9-11,18,23H2,1-8H3,(H,48,49). The molecule has 4 aromatic rings. The number of imidazole rings is 1. The van der Waals surface area contributed by atoms with Gasteiger partial charge in [0, 0.05) is 29.0 Å². The molecule has 1 aromatic heterocycles. The number of sulfonamides is 1. The zero-order chi connectivity index (χ0) is 40.1. The first-order chi connectivity index (χ1) is 25.3. The first-order valence-corrected chi connectivity index (χ1v) is 20.7. The van der Waals surface area contributed by atoms with Crippen LogP contribution in [0, 0.1) is 35.2 Å². The lowest BCUT2D eigenvalue weighted by molar-refractivity contribution is -0.143. The van der Waals surface area contributed by atoms with E-state index in [1.165, 1.54) is 19.2 Å². The molecule has 0 spiro atoms. The lowest BCUT2D eigenvalue weighted by Gasteiger charge is -2.31. The number of carbonyl (C=O) groups is 1. The van der Waals surface area contributed by atoms with E-state index in [1.807, 2.05) is 32.9 Å². The van der Waals surface area contributed by atoms with E-state index in [-0.39, 0.29) is 17.9 Å². The number of aromatic nitrogens is 2. The van der Waals surface area contributed by atoms with Gasteiger partial charge in [-0.05, 0) is 84.7 Å². The third-order valence-corrected chi connectivity index (χ3v) is 13.2. The molecule has 0 bridgehead atoms. The molecule has 2 atom stereocenters. The molecule has 0 saturated carbocycles. The second-order valence-electron chi connectivity index (χ2n) is 14.6. The molecule has 0 aliphatic carbocycles. The second kappa shape index (κ2) is 18.0. The molecule has 8 nitrogen and oxygen atoms in total. The van der Waals surface area contributed by atoms with E-state index in [9.17, 15) is 22.7 Å². The first kappa shape index (κ1) is 43.2. The summed E-state index contributed by atoms with van der Waals surface area (Å²) in [5, 5.41) is 10.9. The number of aliphatic carboxylic acids is 1. The van der Waals surface area contributed by atoms with Crippen LogP contribution in [-0.2, 0) is 26.0 Å². The van der Waals surface area contributed by atoms with Gasteiger partial charge < -0.3 is 9.84 Å². The van der Waals surface area contributed by atoms with Crippen LogP contribution in [0.2, 0.25) is 5.02 Å². The normalized spacial score (nSPS) is 13.5. The van der Waals surface area contributed by atoms with Crippen LogP contribution in [0.4, 0.5) is 13.2 Å². The van der Waals surface area contributed by atoms with Gasteiger partial charge in [0.15, 0.2) is 5.16 Å². The molecule has 0 aliphatic heterocycles. The number of benzene rings is 3. The van der Waals surface area contributed by atoms with E-state index in [0.29, 0.717) is 52.0 Å². The maximum absolute atomic E-state index is 15.9. The molecular weight excluding hydrogens is 759 g/mol. The molecule has 4 rings (SSSR count). The predicted octanol–water partition coefficient (Wildman–Crippen LogP) is 10.1. The van der Waals surface area contributed by atoms with Crippen LogP contribution >= 0.6 is 23.4 Å². The number of hydrogen-bond acceptors (Lipinski definition) is 6. The second-order valence-corrected chi connectivity index (χ2v) is 17.8. The summed E-state index contributed by atoms with van der Waals surface area (Å²) in [4.78, 5) is 16.3. The highest BCUT2D eigenvalue weighted by molar-refractivity contribution is 7.98. The number of thioether (sulfide) groups is 1. The summed E-state index contributed by atoms with van der Waals surface area (Å²) in [6.45, 7) is 13.2. The van der Waals surface area contributed by atoms with Crippen LogP contribution in [0.3, 0.4) is 0 Å². The lowest BCUT2D eigenvalue weighted by atomic mass is 9.81.